The number of Topliss-reactive ketones (excluding diaryl/α,β-unsaturated/α-hetero) is 1. The van der Waals surface area contributed by atoms with Gasteiger partial charge in [-0.2, -0.15) is 0 Å². The second-order valence-electron chi connectivity index (χ2n) is 6.10. The molecule has 3 heteroatoms. The van der Waals surface area contributed by atoms with Crippen molar-refractivity contribution in [3.8, 4) is 0 Å². The van der Waals surface area contributed by atoms with Gasteiger partial charge in [0.05, 0.1) is 6.61 Å². The van der Waals surface area contributed by atoms with Crippen LogP contribution in [0.25, 0.3) is 0 Å². The molecule has 3 rings (SSSR count). The topological polar surface area (TPSA) is 40.5 Å². The zero-order chi connectivity index (χ0) is 13.4. The fourth-order valence-corrected chi connectivity index (χ4v) is 4.10. The van der Waals surface area contributed by atoms with Crippen molar-refractivity contribution in [3.63, 3.8) is 0 Å². The van der Waals surface area contributed by atoms with Crippen molar-refractivity contribution >= 4 is 5.78 Å². The summed E-state index contributed by atoms with van der Waals surface area (Å²) in [6.07, 6.45) is 10.4. The van der Waals surface area contributed by atoms with Gasteiger partial charge in [0.1, 0.15) is 5.78 Å². The Morgan fingerprint density at radius 3 is 3.00 bits per heavy atom. The van der Waals surface area contributed by atoms with Crippen LogP contribution in [-0.2, 0) is 4.79 Å². The van der Waals surface area contributed by atoms with Gasteiger partial charge in [0.15, 0.2) is 0 Å². The monoisotopic (exact) mass is 261 g/mol. The van der Waals surface area contributed by atoms with E-state index in [1.165, 1.54) is 12.1 Å². The molecule has 0 spiro atoms. The van der Waals surface area contributed by atoms with Gasteiger partial charge in [0.25, 0.3) is 0 Å². The Bertz CT molecular complexity index is 426. The summed E-state index contributed by atoms with van der Waals surface area (Å²) in [6.45, 7) is 3.16. The summed E-state index contributed by atoms with van der Waals surface area (Å²) in [5.74, 6) is 1.51. The molecule has 19 heavy (non-hydrogen) atoms. The lowest BCUT2D eigenvalue weighted by atomic mass is 9.66. The number of piperidine rings is 1. The molecule has 3 aliphatic rings. The number of hydrogen-bond acceptors (Lipinski definition) is 3. The summed E-state index contributed by atoms with van der Waals surface area (Å²) in [7, 11) is 0. The maximum absolute atomic E-state index is 12.0. The molecule has 4 unspecified atom stereocenters. The van der Waals surface area contributed by atoms with Crippen LogP contribution in [-0.4, -0.2) is 35.0 Å². The van der Waals surface area contributed by atoms with Crippen LogP contribution in [0.1, 0.15) is 32.6 Å². The normalized spacial score (nSPS) is 37.7. The maximum atomic E-state index is 12.0. The van der Waals surface area contributed by atoms with Crippen molar-refractivity contribution in [2.24, 2.45) is 17.8 Å². The lowest BCUT2D eigenvalue weighted by molar-refractivity contribution is -0.124. The lowest BCUT2D eigenvalue weighted by Gasteiger charge is -2.48. The number of carbonyl (C=O) groups excluding carboxylic acids is 1. The Kier molecular flexibility index (Phi) is 3.48. The molecule has 1 fully saturated rings. The lowest BCUT2D eigenvalue weighted by Crippen LogP contribution is -2.47. The van der Waals surface area contributed by atoms with Gasteiger partial charge < -0.3 is 10.0 Å². The summed E-state index contributed by atoms with van der Waals surface area (Å²) in [5.41, 5.74) is 1.38. The zero-order valence-electron chi connectivity index (χ0n) is 11.6. The second-order valence-corrected chi connectivity index (χ2v) is 6.10. The van der Waals surface area contributed by atoms with Gasteiger partial charge in [0, 0.05) is 36.5 Å². The Labute approximate surface area is 115 Å². The van der Waals surface area contributed by atoms with E-state index in [0.29, 0.717) is 30.1 Å². The highest BCUT2D eigenvalue weighted by Gasteiger charge is 2.42. The summed E-state index contributed by atoms with van der Waals surface area (Å²) in [6, 6.07) is 0.509. The van der Waals surface area contributed by atoms with E-state index in [1.54, 1.807) is 0 Å². The molecule has 0 saturated carbocycles. The Morgan fingerprint density at radius 2 is 2.21 bits per heavy atom. The third-order valence-corrected chi connectivity index (χ3v) is 5.08. The van der Waals surface area contributed by atoms with E-state index in [9.17, 15) is 9.90 Å². The maximum Gasteiger partial charge on any atom is 0.140 e. The minimum absolute atomic E-state index is 0.206. The highest BCUT2D eigenvalue weighted by Crippen LogP contribution is 2.45. The first-order valence-corrected chi connectivity index (χ1v) is 7.49. The standard InChI is InChI=1S/C16H23NO2/c1-11-5-6-13-12-3-2-4-16(19)14(12)7-8-15(13)17(11)9-10-18/h2-3,8,11-14,18H,4-7,9-10H2,1H3. The molecule has 0 radical (unpaired) electrons. The number of hydrogen-bond donors (Lipinski definition) is 1. The predicted molar refractivity (Wildman–Crippen MR) is 74.4 cm³/mol. The van der Waals surface area contributed by atoms with E-state index in [1.807, 2.05) is 0 Å². The number of ketones is 1. The Balaban J connectivity index is 1.89. The van der Waals surface area contributed by atoms with Crippen LogP contribution in [0.2, 0.25) is 0 Å². The molecule has 1 saturated heterocycles. The highest BCUT2D eigenvalue weighted by atomic mass is 16.3. The van der Waals surface area contributed by atoms with Crippen LogP contribution in [0, 0.1) is 17.8 Å². The second kappa shape index (κ2) is 5.12. The summed E-state index contributed by atoms with van der Waals surface area (Å²) in [4.78, 5) is 14.4. The minimum atomic E-state index is 0.206. The molecule has 0 aromatic rings. The number of aliphatic hydroxyl groups excluding tert-OH is 1. The Hall–Kier alpha value is -1.09. The number of aliphatic hydroxyl groups is 1. The summed E-state index contributed by atoms with van der Waals surface area (Å²) in [5, 5.41) is 9.26. The number of rotatable bonds is 2. The fourth-order valence-electron chi connectivity index (χ4n) is 4.10. The van der Waals surface area contributed by atoms with E-state index in [-0.39, 0.29) is 12.5 Å². The molecule has 0 amide bonds. The molecule has 0 aromatic carbocycles. The average Bonchev–Trinajstić information content (AvgIpc) is 2.42. The van der Waals surface area contributed by atoms with Crippen LogP contribution in [0.15, 0.2) is 23.9 Å². The van der Waals surface area contributed by atoms with Crippen molar-refractivity contribution in [2.45, 2.75) is 38.6 Å². The molecule has 0 aromatic heterocycles. The van der Waals surface area contributed by atoms with E-state index in [4.69, 9.17) is 0 Å². The van der Waals surface area contributed by atoms with Gasteiger partial charge in [-0.15, -0.1) is 0 Å². The van der Waals surface area contributed by atoms with E-state index < -0.39 is 0 Å². The Morgan fingerprint density at radius 1 is 1.37 bits per heavy atom. The molecular weight excluding hydrogens is 238 g/mol. The van der Waals surface area contributed by atoms with Crippen molar-refractivity contribution in [3.05, 3.63) is 23.9 Å². The smallest absolute Gasteiger partial charge is 0.140 e. The van der Waals surface area contributed by atoms with Crippen molar-refractivity contribution in [2.75, 3.05) is 13.2 Å². The van der Waals surface area contributed by atoms with Gasteiger partial charge in [0.2, 0.25) is 0 Å². The number of likely N-dealkylation sites (tertiary alicyclic amines) is 1. The fraction of sp³-hybridized carbons (Fsp3) is 0.688. The average molecular weight is 261 g/mol. The number of fused-ring (bicyclic) bond motifs is 3. The van der Waals surface area contributed by atoms with Crippen LogP contribution < -0.4 is 0 Å². The number of nitrogens with zero attached hydrogens (tertiary/aromatic N) is 1. The zero-order valence-corrected chi connectivity index (χ0v) is 11.6. The molecule has 0 bridgehead atoms. The van der Waals surface area contributed by atoms with Crippen molar-refractivity contribution < 1.29 is 9.90 Å². The van der Waals surface area contributed by atoms with Gasteiger partial charge in [-0.1, -0.05) is 18.2 Å². The largest absolute Gasteiger partial charge is 0.395 e. The summed E-state index contributed by atoms with van der Waals surface area (Å²) < 4.78 is 0. The van der Waals surface area contributed by atoms with Crippen LogP contribution >= 0.6 is 0 Å². The minimum Gasteiger partial charge on any atom is -0.395 e. The van der Waals surface area contributed by atoms with E-state index in [2.05, 4.69) is 30.1 Å². The molecule has 1 heterocycles. The van der Waals surface area contributed by atoms with Crippen LogP contribution in [0.4, 0.5) is 0 Å². The first kappa shape index (κ1) is 12.9. The number of β-amino-alcohol motifs (C(OH)–C–C–N with tert-alkyl or cyclic N) is 1. The van der Waals surface area contributed by atoms with Gasteiger partial charge >= 0.3 is 0 Å². The third kappa shape index (κ3) is 2.14. The number of allylic oxidation sites excluding steroid dienone is 4. The van der Waals surface area contributed by atoms with Gasteiger partial charge in [-0.25, -0.2) is 0 Å². The van der Waals surface area contributed by atoms with Gasteiger partial charge in [-0.05, 0) is 32.1 Å². The van der Waals surface area contributed by atoms with E-state index in [0.717, 1.165) is 19.4 Å². The molecular formula is C16H23NO2. The summed E-state index contributed by atoms with van der Waals surface area (Å²) >= 11 is 0. The first-order valence-electron chi connectivity index (χ1n) is 7.49. The van der Waals surface area contributed by atoms with Crippen LogP contribution in [0.3, 0.4) is 0 Å². The SMILES string of the molecule is CC1CCC2C(=CCC3C(=O)CC=CC32)N1CCO. The molecule has 3 nitrogen and oxygen atoms in total. The third-order valence-electron chi connectivity index (χ3n) is 5.08. The first-order chi connectivity index (χ1) is 9.22. The molecule has 2 aliphatic carbocycles. The highest BCUT2D eigenvalue weighted by molar-refractivity contribution is 5.84. The van der Waals surface area contributed by atoms with Crippen molar-refractivity contribution in [1.82, 2.24) is 4.90 Å². The number of carbonyl (C=O) groups is 1. The molecule has 1 aliphatic heterocycles. The van der Waals surface area contributed by atoms with Crippen molar-refractivity contribution in [1.29, 1.82) is 0 Å². The van der Waals surface area contributed by atoms with Crippen LogP contribution in [0.5, 0.6) is 0 Å². The molecule has 104 valence electrons. The molecule has 1 N–H and O–H groups in total. The predicted octanol–water partition coefficient (Wildman–Crippen LogP) is 2.13. The molecule has 4 atom stereocenters. The quantitative estimate of drug-likeness (QED) is 0.774. The van der Waals surface area contributed by atoms with E-state index >= 15 is 0 Å². The van der Waals surface area contributed by atoms with Gasteiger partial charge in [-0.3, -0.25) is 4.79 Å².